The number of carbonyl (C=O) groups excluding carboxylic acids is 2. The van der Waals surface area contributed by atoms with E-state index >= 15 is 0 Å². The van der Waals surface area contributed by atoms with Crippen LogP contribution in [0.1, 0.15) is 179 Å². The van der Waals surface area contributed by atoms with Gasteiger partial charge < -0.3 is 25.6 Å². The second kappa shape index (κ2) is 55.9. The molecule has 282 valence electrons. The van der Waals surface area contributed by atoms with Gasteiger partial charge in [0.2, 0.25) is 11.8 Å². The van der Waals surface area contributed by atoms with Crippen LogP contribution in [0.5, 0.6) is 0 Å². The smallest absolute Gasteiger partial charge is 0.216 e. The predicted octanol–water partition coefficient (Wildman–Crippen LogP) is 10.0. The minimum Gasteiger partial charge on any atom is -0.395 e. The van der Waals surface area contributed by atoms with E-state index < -0.39 is 0 Å². The van der Waals surface area contributed by atoms with Crippen LogP contribution in [0.2, 0.25) is 0 Å². The average Bonchev–Trinajstić information content (AvgIpc) is 3.84. The first-order valence-electron chi connectivity index (χ1n) is 18.8. The maximum Gasteiger partial charge on any atom is 0.216 e. The Bertz CT molecular complexity index is 522. The lowest BCUT2D eigenvalue weighted by Gasteiger charge is -2.15. The van der Waals surface area contributed by atoms with E-state index in [9.17, 15) is 9.59 Å². The number of rotatable bonds is 12. The van der Waals surface area contributed by atoms with Crippen molar-refractivity contribution in [3.8, 4) is 0 Å². The summed E-state index contributed by atoms with van der Waals surface area (Å²) in [5.41, 5.74) is 0. The van der Waals surface area contributed by atoms with Crippen LogP contribution < -0.4 is 10.6 Å². The van der Waals surface area contributed by atoms with Crippen molar-refractivity contribution in [2.75, 3.05) is 33.4 Å². The molecule has 0 aromatic rings. The van der Waals surface area contributed by atoms with Crippen LogP contribution in [0.25, 0.3) is 0 Å². The molecule has 0 saturated heterocycles. The summed E-state index contributed by atoms with van der Waals surface area (Å²) in [6.45, 7) is 27.4. The molecule has 2 saturated carbocycles. The number of hydrogen-bond donors (Lipinski definition) is 4. The normalized spacial score (nSPS) is 12.6. The number of nitrogens with one attached hydrogen (secondary N) is 2. The number of amides is 2. The highest BCUT2D eigenvalue weighted by Crippen LogP contribution is 2.26. The van der Waals surface area contributed by atoms with E-state index in [0.29, 0.717) is 19.7 Å². The Balaban J connectivity index is -0.000000100. The highest BCUT2D eigenvalue weighted by molar-refractivity contribution is 5.73. The van der Waals surface area contributed by atoms with Gasteiger partial charge in [-0.2, -0.15) is 0 Å². The van der Waals surface area contributed by atoms with Gasteiger partial charge in [-0.15, -0.1) is 6.58 Å². The standard InChI is InChI=1S/C7H14.C5H11NO2.C5H12O.2C5H12.C4H9NO2.2C4H8/c1-7-5-3-2-4-6-7;1-5(7)6-3-4-8-2;1-3-5(6)4-2;2*1-3-5-4-2;1-4(7)5-2-3-6;1-4-2-3-4;1-3-4-2/h7H,2-6H2,1H3;3-4H2,1-2H3,(H,6,7);5-6H,3-4H2,1-2H3;2*3-5H2,1-2H3;6H,2-3H2,1H3,(H,5,7);4H,2-3H2,1H3;3H,1,4H2,2H3. The van der Waals surface area contributed by atoms with E-state index in [4.69, 9.17) is 10.2 Å². The van der Waals surface area contributed by atoms with Crippen LogP contribution in [0.4, 0.5) is 0 Å². The molecule has 0 radical (unpaired) electrons. The highest BCUT2D eigenvalue weighted by Gasteiger charge is 2.12. The third kappa shape index (κ3) is 96.8. The van der Waals surface area contributed by atoms with Crippen molar-refractivity contribution in [1.82, 2.24) is 10.6 Å². The van der Waals surface area contributed by atoms with Gasteiger partial charge in [0, 0.05) is 34.0 Å². The molecule has 46 heavy (non-hydrogen) atoms. The monoisotopic (exact) mass is 663 g/mol. The fourth-order valence-corrected chi connectivity index (χ4v) is 3.03. The van der Waals surface area contributed by atoms with E-state index in [1.807, 2.05) is 19.9 Å². The molecule has 0 atom stereocenters. The van der Waals surface area contributed by atoms with Gasteiger partial charge in [-0.3, -0.25) is 9.59 Å². The molecule has 0 aromatic heterocycles. The first kappa shape index (κ1) is 56.9. The van der Waals surface area contributed by atoms with Gasteiger partial charge in [0.25, 0.3) is 0 Å². The molecule has 2 fully saturated rings. The van der Waals surface area contributed by atoms with E-state index in [1.165, 1.54) is 97.3 Å². The SMILES string of the molecule is C=CCC.CC(=O)NCCO.CC1CC1.CC1CCCCC1.CCC(O)CC.CCCCC.CCCCC.COCCNC(C)=O. The van der Waals surface area contributed by atoms with Gasteiger partial charge in [0.1, 0.15) is 0 Å². The topological polar surface area (TPSA) is 108 Å². The lowest BCUT2D eigenvalue weighted by Crippen LogP contribution is -2.23. The minimum absolute atomic E-state index is 0.0120. The highest BCUT2D eigenvalue weighted by atomic mass is 16.5. The molecule has 2 aliphatic carbocycles. The second-order valence-electron chi connectivity index (χ2n) is 12.0. The van der Waals surface area contributed by atoms with Gasteiger partial charge in [-0.25, -0.2) is 0 Å². The molecule has 0 heterocycles. The number of carbonyl (C=O) groups is 2. The van der Waals surface area contributed by atoms with Crippen LogP contribution in [0.3, 0.4) is 0 Å². The molecule has 7 nitrogen and oxygen atoms in total. The third-order valence-corrected chi connectivity index (χ3v) is 6.57. The summed E-state index contributed by atoms with van der Waals surface area (Å²) in [5.74, 6) is 2.00. The van der Waals surface area contributed by atoms with Gasteiger partial charge >= 0.3 is 0 Å². The van der Waals surface area contributed by atoms with Crippen molar-refractivity contribution in [3.63, 3.8) is 0 Å². The lowest BCUT2D eigenvalue weighted by molar-refractivity contribution is -0.119. The summed E-state index contributed by atoms with van der Waals surface area (Å²) in [7, 11) is 1.60. The number of aliphatic hydroxyl groups is 2. The van der Waals surface area contributed by atoms with Crippen LogP contribution in [0.15, 0.2) is 12.7 Å². The summed E-state index contributed by atoms with van der Waals surface area (Å²) >= 11 is 0. The summed E-state index contributed by atoms with van der Waals surface area (Å²) in [6.07, 6.45) is 23.2. The van der Waals surface area contributed by atoms with E-state index in [2.05, 4.69) is 70.4 Å². The molecular formula is C39H86N2O5. The number of aliphatic hydroxyl groups excluding tert-OH is 2. The van der Waals surface area contributed by atoms with Crippen molar-refractivity contribution >= 4 is 11.8 Å². The average molecular weight is 663 g/mol. The fourth-order valence-electron chi connectivity index (χ4n) is 3.03. The Labute approximate surface area is 289 Å². The first-order chi connectivity index (χ1) is 21.9. The number of methoxy groups -OCH3 is 1. The molecular weight excluding hydrogens is 576 g/mol. The number of unbranched alkanes of at least 4 members (excludes halogenated alkanes) is 4. The van der Waals surface area contributed by atoms with Crippen LogP contribution in [0, 0.1) is 11.8 Å². The van der Waals surface area contributed by atoms with Crippen LogP contribution >= 0.6 is 0 Å². The zero-order valence-corrected chi connectivity index (χ0v) is 33.3. The van der Waals surface area contributed by atoms with Crippen molar-refractivity contribution in [1.29, 1.82) is 0 Å². The van der Waals surface area contributed by atoms with Crippen LogP contribution in [-0.2, 0) is 14.3 Å². The van der Waals surface area contributed by atoms with Gasteiger partial charge in [-0.1, -0.05) is 152 Å². The Kier molecular flexibility index (Phi) is 69.1. The van der Waals surface area contributed by atoms with Crippen molar-refractivity contribution in [2.24, 2.45) is 11.8 Å². The Morgan fingerprint density at radius 3 is 1.26 bits per heavy atom. The van der Waals surface area contributed by atoms with Crippen molar-refractivity contribution in [2.45, 2.75) is 185 Å². The molecule has 0 bridgehead atoms. The summed E-state index contributed by atoms with van der Waals surface area (Å²) in [6, 6.07) is 0. The number of allylic oxidation sites excluding steroid dienone is 1. The molecule has 0 aromatic carbocycles. The maximum absolute atomic E-state index is 10.2. The first-order valence-corrected chi connectivity index (χ1v) is 18.8. The molecule has 2 rings (SSSR count). The Morgan fingerprint density at radius 1 is 0.761 bits per heavy atom. The van der Waals surface area contributed by atoms with Gasteiger partial charge in [0.15, 0.2) is 0 Å². The number of ether oxygens (including phenoxy) is 1. The van der Waals surface area contributed by atoms with Crippen LogP contribution in [-0.4, -0.2) is 61.5 Å². The molecule has 0 unspecified atom stereocenters. The molecule has 7 heteroatoms. The fraction of sp³-hybridized carbons (Fsp3) is 0.897. The lowest BCUT2D eigenvalue weighted by atomic mass is 9.91. The van der Waals surface area contributed by atoms with E-state index in [-0.39, 0.29) is 24.5 Å². The van der Waals surface area contributed by atoms with Crippen molar-refractivity contribution in [3.05, 3.63) is 12.7 Å². The largest absolute Gasteiger partial charge is 0.395 e. The minimum atomic E-state index is -0.103. The molecule has 2 aliphatic rings. The number of hydrogen-bond acceptors (Lipinski definition) is 5. The predicted molar refractivity (Wildman–Crippen MR) is 204 cm³/mol. The molecule has 0 spiro atoms. The quantitative estimate of drug-likeness (QED) is 0.123. The zero-order chi connectivity index (χ0) is 36.9. The maximum atomic E-state index is 10.2. The third-order valence-electron chi connectivity index (χ3n) is 6.57. The Hall–Kier alpha value is -1.44. The van der Waals surface area contributed by atoms with E-state index in [1.54, 1.807) is 7.11 Å². The summed E-state index contributed by atoms with van der Waals surface area (Å²) < 4.78 is 4.68. The zero-order valence-electron chi connectivity index (χ0n) is 33.3. The van der Waals surface area contributed by atoms with Gasteiger partial charge in [0.05, 0.1) is 19.3 Å². The van der Waals surface area contributed by atoms with Crippen molar-refractivity contribution < 1.29 is 24.5 Å². The van der Waals surface area contributed by atoms with E-state index in [0.717, 1.165) is 31.1 Å². The Morgan fingerprint density at radius 2 is 1.13 bits per heavy atom. The molecule has 4 N–H and O–H groups in total. The molecule has 2 amide bonds. The summed E-state index contributed by atoms with van der Waals surface area (Å²) in [5, 5.41) is 21.8. The van der Waals surface area contributed by atoms with Gasteiger partial charge in [-0.05, 0) is 31.1 Å². The molecule has 0 aliphatic heterocycles. The second-order valence-corrected chi connectivity index (χ2v) is 12.0. The summed E-state index contributed by atoms with van der Waals surface area (Å²) in [4.78, 5) is 20.1.